The number of carbonyl (C=O) groups is 1. The van der Waals surface area contributed by atoms with Crippen molar-refractivity contribution < 1.29 is 9.53 Å². The highest BCUT2D eigenvalue weighted by atomic mass is 79.9. The predicted octanol–water partition coefficient (Wildman–Crippen LogP) is 1.14. The van der Waals surface area contributed by atoms with Crippen molar-refractivity contribution in [3.8, 4) is 0 Å². The summed E-state index contributed by atoms with van der Waals surface area (Å²) in [7, 11) is 0. The summed E-state index contributed by atoms with van der Waals surface area (Å²) >= 11 is 3.35. The van der Waals surface area contributed by atoms with Crippen molar-refractivity contribution in [1.82, 2.24) is 10.2 Å². The summed E-state index contributed by atoms with van der Waals surface area (Å²) in [5.41, 5.74) is 0. The molecule has 2 aliphatic heterocycles. The van der Waals surface area contributed by atoms with Crippen LogP contribution in [0.3, 0.4) is 0 Å². The predicted molar refractivity (Wildman–Crippen MR) is 70.4 cm³/mol. The number of fused-ring (bicyclic) bond motifs is 1. The molecule has 0 aromatic carbocycles. The lowest BCUT2D eigenvalue weighted by atomic mass is 10.1. The molecule has 2 unspecified atom stereocenters. The second-order valence-electron chi connectivity index (χ2n) is 5.43. The highest BCUT2D eigenvalue weighted by Crippen LogP contribution is 2.22. The van der Waals surface area contributed by atoms with Crippen molar-refractivity contribution in [2.24, 2.45) is 0 Å². The monoisotopic (exact) mass is 304 g/mol. The number of ether oxygens (including phenoxy) is 1. The first-order chi connectivity index (χ1) is 7.97. The lowest BCUT2D eigenvalue weighted by Crippen LogP contribution is -2.51. The summed E-state index contributed by atoms with van der Waals surface area (Å²) in [4.78, 5) is 14.2. The van der Waals surface area contributed by atoms with Gasteiger partial charge in [-0.3, -0.25) is 9.69 Å². The van der Waals surface area contributed by atoms with Crippen LogP contribution in [0.2, 0.25) is 0 Å². The minimum atomic E-state index is -0.502. The summed E-state index contributed by atoms with van der Waals surface area (Å²) in [5, 5.41) is 2.93. The average molecular weight is 305 g/mol. The van der Waals surface area contributed by atoms with Gasteiger partial charge < -0.3 is 10.1 Å². The normalized spacial score (nSPS) is 30.1. The molecule has 2 fully saturated rings. The van der Waals surface area contributed by atoms with Crippen LogP contribution in [0, 0.1) is 0 Å². The summed E-state index contributed by atoms with van der Waals surface area (Å²) < 4.78 is 5.28. The van der Waals surface area contributed by atoms with Gasteiger partial charge in [0, 0.05) is 19.1 Å². The SMILES string of the molecule is CC(C)(Br)C(=O)NCC1CN2CCCC2CO1. The maximum Gasteiger partial charge on any atom is 0.236 e. The summed E-state index contributed by atoms with van der Waals surface area (Å²) in [6.07, 6.45) is 2.68. The first-order valence-electron chi connectivity index (χ1n) is 6.29. The number of rotatable bonds is 3. The first kappa shape index (κ1) is 13.3. The molecule has 0 aromatic rings. The minimum Gasteiger partial charge on any atom is -0.373 e. The number of alkyl halides is 1. The highest BCUT2D eigenvalue weighted by molar-refractivity contribution is 9.10. The zero-order valence-electron chi connectivity index (χ0n) is 10.5. The van der Waals surface area contributed by atoms with Crippen molar-refractivity contribution in [3.63, 3.8) is 0 Å². The Morgan fingerprint density at radius 1 is 1.59 bits per heavy atom. The van der Waals surface area contributed by atoms with Crippen molar-refractivity contribution >= 4 is 21.8 Å². The number of halogens is 1. The first-order valence-corrected chi connectivity index (χ1v) is 7.09. The molecule has 2 rings (SSSR count). The number of hydrogen-bond donors (Lipinski definition) is 1. The molecule has 1 N–H and O–H groups in total. The highest BCUT2D eigenvalue weighted by Gasteiger charge is 2.33. The van der Waals surface area contributed by atoms with E-state index in [1.54, 1.807) is 0 Å². The lowest BCUT2D eigenvalue weighted by Gasteiger charge is -2.35. The molecule has 2 aliphatic rings. The Morgan fingerprint density at radius 2 is 2.35 bits per heavy atom. The zero-order chi connectivity index (χ0) is 12.5. The number of morpholine rings is 1. The lowest BCUT2D eigenvalue weighted by molar-refractivity contribution is -0.124. The molecule has 17 heavy (non-hydrogen) atoms. The van der Waals surface area contributed by atoms with Gasteiger partial charge in [-0.1, -0.05) is 15.9 Å². The van der Waals surface area contributed by atoms with Crippen molar-refractivity contribution in [2.45, 2.75) is 43.2 Å². The molecule has 0 aliphatic carbocycles. The standard InChI is InChI=1S/C12H21BrN2O2/c1-12(2,13)11(16)14-6-10-7-15-5-3-4-9(15)8-17-10/h9-10H,3-8H2,1-2H3,(H,14,16). The Bertz CT molecular complexity index is 291. The van der Waals surface area contributed by atoms with Gasteiger partial charge in [-0.2, -0.15) is 0 Å². The van der Waals surface area contributed by atoms with E-state index in [2.05, 4.69) is 26.1 Å². The van der Waals surface area contributed by atoms with Gasteiger partial charge in [0.05, 0.1) is 17.0 Å². The molecule has 0 spiro atoms. The largest absolute Gasteiger partial charge is 0.373 e. The maximum absolute atomic E-state index is 11.7. The number of nitrogens with one attached hydrogen (secondary N) is 1. The van der Waals surface area contributed by atoms with Gasteiger partial charge >= 0.3 is 0 Å². The number of nitrogens with zero attached hydrogens (tertiary/aromatic N) is 1. The third kappa shape index (κ3) is 3.42. The Morgan fingerprint density at radius 3 is 3.06 bits per heavy atom. The van der Waals surface area contributed by atoms with E-state index in [-0.39, 0.29) is 12.0 Å². The summed E-state index contributed by atoms with van der Waals surface area (Å²) in [6.45, 7) is 7.26. The van der Waals surface area contributed by atoms with Crippen LogP contribution < -0.4 is 5.32 Å². The van der Waals surface area contributed by atoms with Crippen LogP contribution in [-0.2, 0) is 9.53 Å². The molecule has 0 saturated carbocycles. The van der Waals surface area contributed by atoms with Gasteiger partial charge in [0.25, 0.3) is 0 Å². The van der Waals surface area contributed by atoms with Crippen LogP contribution in [0.25, 0.3) is 0 Å². The number of carbonyl (C=O) groups excluding carboxylic acids is 1. The molecule has 1 amide bonds. The Balaban J connectivity index is 1.75. The molecule has 0 bridgehead atoms. The number of amides is 1. The minimum absolute atomic E-state index is 0.0182. The Hall–Kier alpha value is -0.130. The fourth-order valence-electron chi connectivity index (χ4n) is 2.43. The van der Waals surface area contributed by atoms with Crippen LogP contribution in [0.4, 0.5) is 0 Å². The van der Waals surface area contributed by atoms with Gasteiger partial charge in [-0.15, -0.1) is 0 Å². The zero-order valence-corrected chi connectivity index (χ0v) is 12.1. The summed E-state index contributed by atoms with van der Waals surface area (Å²) in [6, 6.07) is 0.620. The quantitative estimate of drug-likeness (QED) is 0.795. The van der Waals surface area contributed by atoms with E-state index in [0.717, 1.165) is 13.2 Å². The molecule has 4 nitrogen and oxygen atoms in total. The van der Waals surface area contributed by atoms with Crippen LogP contribution >= 0.6 is 15.9 Å². The topological polar surface area (TPSA) is 41.6 Å². The fraction of sp³-hybridized carbons (Fsp3) is 0.917. The molecule has 0 radical (unpaired) electrons. The Labute approximate surface area is 111 Å². The fourth-order valence-corrected chi connectivity index (χ4v) is 2.57. The van der Waals surface area contributed by atoms with E-state index >= 15 is 0 Å². The third-order valence-corrected chi connectivity index (χ3v) is 3.85. The smallest absolute Gasteiger partial charge is 0.236 e. The Kier molecular flexibility index (Phi) is 4.10. The van der Waals surface area contributed by atoms with Gasteiger partial charge in [0.15, 0.2) is 0 Å². The van der Waals surface area contributed by atoms with Gasteiger partial charge in [-0.25, -0.2) is 0 Å². The van der Waals surface area contributed by atoms with Crippen molar-refractivity contribution in [3.05, 3.63) is 0 Å². The third-order valence-electron chi connectivity index (χ3n) is 3.49. The molecular weight excluding hydrogens is 284 g/mol. The molecule has 98 valence electrons. The summed E-state index contributed by atoms with van der Waals surface area (Å²) in [5.74, 6) is 0.0182. The number of hydrogen-bond acceptors (Lipinski definition) is 3. The molecule has 2 atom stereocenters. The van der Waals surface area contributed by atoms with E-state index in [9.17, 15) is 4.79 Å². The molecular formula is C12H21BrN2O2. The van der Waals surface area contributed by atoms with Crippen LogP contribution in [0.15, 0.2) is 0 Å². The van der Waals surface area contributed by atoms with E-state index in [1.807, 2.05) is 13.8 Å². The van der Waals surface area contributed by atoms with Crippen LogP contribution in [-0.4, -0.2) is 53.5 Å². The van der Waals surface area contributed by atoms with Crippen LogP contribution in [0.1, 0.15) is 26.7 Å². The van der Waals surface area contributed by atoms with Gasteiger partial charge in [0.1, 0.15) is 0 Å². The second kappa shape index (κ2) is 5.24. The molecule has 2 heterocycles. The van der Waals surface area contributed by atoms with E-state index in [0.29, 0.717) is 12.6 Å². The van der Waals surface area contributed by atoms with E-state index in [1.165, 1.54) is 19.4 Å². The van der Waals surface area contributed by atoms with Gasteiger partial charge in [-0.05, 0) is 33.2 Å². The average Bonchev–Trinajstić information content (AvgIpc) is 2.71. The van der Waals surface area contributed by atoms with E-state index in [4.69, 9.17) is 4.74 Å². The second-order valence-corrected chi connectivity index (χ2v) is 7.41. The van der Waals surface area contributed by atoms with Crippen LogP contribution in [0.5, 0.6) is 0 Å². The maximum atomic E-state index is 11.7. The molecule has 0 aromatic heterocycles. The molecule has 5 heteroatoms. The van der Waals surface area contributed by atoms with Crippen molar-refractivity contribution in [1.29, 1.82) is 0 Å². The van der Waals surface area contributed by atoms with E-state index < -0.39 is 4.32 Å². The van der Waals surface area contributed by atoms with Gasteiger partial charge in [0.2, 0.25) is 5.91 Å². The van der Waals surface area contributed by atoms with Crippen molar-refractivity contribution in [2.75, 3.05) is 26.2 Å². The molecule has 2 saturated heterocycles.